The molecule has 0 aliphatic heterocycles. The summed E-state index contributed by atoms with van der Waals surface area (Å²) in [5.41, 5.74) is 2.14. The summed E-state index contributed by atoms with van der Waals surface area (Å²) in [7, 11) is 1.60. The van der Waals surface area contributed by atoms with Crippen molar-refractivity contribution >= 4 is 34.6 Å². The van der Waals surface area contributed by atoms with E-state index in [0.717, 1.165) is 16.1 Å². The minimum absolute atomic E-state index is 0.229. The average Bonchev–Trinajstić information content (AvgIpc) is 3.18. The number of anilines is 1. The molecule has 0 aliphatic carbocycles. The van der Waals surface area contributed by atoms with E-state index in [4.69, 9.17) is 17.0 Å². The largest absolute Gasteiger partial charge is 0.380 e. The first-order valence-corrected chi connectivity index (χ1v) is 9.39. The summed E-state index contributed by atoms with van der Waals surface area (Å²) in [6, 6.07) is 7.32. The predicted molar refractivity (Wildman–Crippen MR) is 109 cm³/mol. The highest BCUT2D eigenvalue weighted by atomic mass is 32.1. The Balaban J connectivity index is 1.89. The molecule has 3 aromatic rings. The number of benzene rings is 1. The third-order valence-electron chi connectivity index (χ3n) is 3.85. The van der Waals surface area contributed by atoms with Crippen LogP contribution in [0.1, 0.15) is 21.6 Å². The molecule has 0 aliphatic rings. The maximum atomic E-state index is 12.7. The first kappa shape index (κ1) is 19.2. The Morgan fingerprint density at radius 3 is 3.00 bits per heavy atom. The number of thiazole rings is 1. The van der Waals surface area contributed by atoms with Crippen LogP contribution in [0.15, 0.2) is 36.9 Å². The Hall–Kier alpha value is -2.62. The van der Waals surface area contributed by atoms with E-state index in [1.165, 1.54) is 11.3 Å². The number of hydrogen-bond donors (Lipinski definition) is 2. The first-order valence-electron chi connectivity index (χ1n) is 8.17. The molecule has 9 heteroatoms. The molecule has 2 N–H and O–H groups in total. The lowest BCUT2D eigenvalue weighted by molar-refractivity contribution is 0.102. The number of H-pyrrole nitrogens is 1. The fourth-order valence-electron chi connectivity index (χ4n) is 2.63. The molecule has 0 spiro atoms. The number of aromatic nitrogens is 4. The van der Waals surface area contributed by atoms with E-state index >= 15 is 0 Å². The van der Waals surface area contributed by atoms with Gasteiger partial charge in [0, 0.05) is 19.2 Å². The number of rotatable bonds is 7. The van der Waals surface area contributed by atoms with Gasteiger partial charge in [-0.1, -0.05) is 35.6 Å². The van der Waals surface area contributed by atoms with Crippen molar-refractivity contribution in [2.24, 2.45) is 0 Å². The minimum Gasteiger partial charge on any atom is -0.380 e. The Bertz CT molecular complexity index is 1030. The van der Waals surface area contributed by atoms with Gasteiger partial charge in [-0.05, 0) is 30.8 Å². The topological polar surface area (TPSA) is 84.8 Å². The summed E-state index contributed by atoms with van der Waals surface area (Å²) in [6.45, 7) is 6.52. The van der Waals surface area contributed by atoms with Gasteiger partial charge in [-0.2, -0.15) is 5.10 Å². The quantitative estimate of drug-likeness (QED) is 0.462. The maximum Gasteiger partial charge on any atom is 0.257 e. The molecule has 27 heavy (non-hydrogen) atoms. The fourth-order valence-corrected chi connectivity index (χ4v) is 3.80. The van der Waals surface area contributed by atoms with Crippen molar-refractivity contribution in [3.63, 3.8) is 0 Å². The second-order valence-electron chi connectivity index (χ2n) is 5.73. The minimum atomic E-state index is -0.229. The fraction of sp³-hybridized carbons (Fsp3) is 0.222. The molecule has 140 valence electrons. The molecular weight excluding hydrogens is 382 g/mol. The number of nitrogens with one attached hydrogen (secondary N) is 2. The van der Waals surface area contributed by atoms with Crippen molar-refractivity contribution in [3.05, 3.63) is 58.5 Å². The third-order valence-corrected chi connectivity index (χ3v) is 5.23. The number of carbonyl (C=O) groups excluding carboxylic acids is 1. The Morgan fingerprint density at radius 1 is 1.48 bits per heavy atom. The summed E-state index contributed by atoms with van der Waals surface area (Å²) < 4.78 is 7.51. The zero-order chi connectivity index (χ0) is 19.4. The number of allylic oxidation sites excluding steroid dienone is 1. The molecule has 0 atom stereocenters. The number of nitrogens with zero attached hydrogens (tertiary/aromatic N) is 3. The van der Waals surface area contributed by atoms with Gasteiger partial charge in [0.2, 0.25) is 0 Å². The zero-order valence-corrected chi connectivity index (χ0v) is 16.6. The normalized spacial score (nSPS) is 10.7. The van der Waals surface area contributed by atoms with Crippen LogP contribution in [0.4, 0.5) is 5.13 Å². The molecule has 1 amide bonds. The van der Waals surface area contributed by atoms with Crippen LogP contribution in [0.3, 0.4) is 0 Å². The highest BCUT2D eigenvalue weighted by Gasteiger charge is 2.18. The van der Waals surface area contributed by atoms with Crippen LogP contribution in [-0.2, 0) is 17.9 Å². The van der Waals surface area contributed by atoms with E-state index in [-0.39, 0.29) is 5.91 Å². The van der Waals surface area contributed by atoms with Crippen molar-refractivity contribution in [2.45, 2.75) is 20.1 Å². The van der Waals surface area contributed by atoms with Crippen LogP contribution in [0.25, 0.3) is 10.7 Å². The van der Waals surface area contributed by atoms with Crippen LogP contribution < -0.4 is 5.32 Å². The van der Waals surface area contributed by atoms with Gasteiger partial charge in [0.1, 0.15) is 0 Å². The van der Waals surface area contributed by atoms with Crippen LogP contribution in [0.5, 0.6) is 0 Å². The molecule has 0 unspecified atom stereocenters. The van der Waals surface area contributed by atoms with Gasteiger partial charge in [0.25, 0.3) is 5.91 Å². The second-order valence-corrected chi connectivity index (χ2v) is 7.12. The number of methoxy groups -OCH3 is 1. The lowest BCUT2D eigenvalue weighted by Crippen LogP contribution is -2.14. The molecule has 2 heterocycles. The molecule has 1 aromatic carbocycles. The van der Waals surface area contributed by atoms with Crippen LogP contribution >= 0.6 is 23.6 Å². The number of aryl methyl sites for hydroxylation is 1. The Kier molecular flexibility index (Phi) is 5.94. The Labute approximate surface area is 165 Å². The molecule has 0 radical (unpaired) electrons. The van der Waals surface area contributed by atoms with Crippen LogP contribution in [0, 0.1) is 11.7 Å². The summed E-state index contributed by atoms with van der Waals surface area (Å²) in [5.74, 6) is 0.447. The molecular formula is C18H19N5O2S2. The summed E-state index contributed by atoms with van der Waals surface area (Å²) in [5, 5.41) is 10.4. The molecule has 0 bridgehead atoms. The van der Waals surface area contributed by atoms with Gasteiger partial charge < -0.3 is 4.74 Å². The van der Waals surface area contributed by atoms with Gasteiger partial charge >= 0.3 is 0 Å². The number of hydrogen-bond acceptors (Lipinski definition) is 6. The van der Waals surface area contributed by atoms with E-state index in [2.05, 4.69) is 27.1 Å². The van der Waals surface area contributed by atoms with Gasteiger partial charge in [-0.25, -0.2) is 4.98 Å². The molecule has 0 fully saturated rings. The van der Waals surface area contributed by atoms with E-state index in [9.17, 15) is 4.79 Å². The number of aromatic amines is 1. The predicted octanol–water partition coefficient (Wildman–Crippen LogP) is 3.96. The molecule has 2 aromatic heterocycles. The van der Waals surface area contributed by atoms with Crippen LogP contribution in [-0.4, -0.2) is 32.8 Å². The lowest BCUT2D eigenvalue weighted by Gasteiger charge is -2.07. The molecule has 0 saturated heterocycles. The summed E-state index contributed by atoms with van der Waals surface area (Å²) in [4.78, 5) is 18.0. The van der Waals surface area contributed by atoms with Gasteiger partial charge in [0.05, 0.1) is 17.2 Å². The number of amides is 1. The smallest absolute Gasteiger partial charge is 0.257 e. The standard InChI is InChI=1S/C18H19N5O2S2/c1-4-9-23-15(21-22-18(23)26)14-11(2)19-17(27-14)20-16(24)13-8-6-5-7-12(13)10-25-3/h4-8H,1,9-10H2,2-3H3,(H,22,26)(H,19,20,24). The summed E-state index contributed by atoms with van der Waals surface area (Å²) >= 11 is 6.61. The average molecular weight is 402 g/mol. The van der Waals surface area contributed by atoms with Crippen LogP contribution in [0.2, 0.25) is 0 Å². The molecule has 3 rings (SSSR count). The van der Waals surface area contributed by atoms with E-state index < -0.39 is 0 Å². The van der Waals surface area contributed by atoms with Crippen molar-refractivity contribution in [1.29, 1.82) is 0 Å². The van der Waals surface area contributed by atoms with E-state index in [1.54, 1.807) is 19.3 Å². The monoisotopic (exact) mass is 401 g/mol. The Morgan fingerprint density at radius 2 is 2.26 bits per heavy atom. The highest BCUT2D eigenvalue weighted by Crippen LogP contribution is 2.32. The lowest BCUT2D eigenvalue weighted by atomic mass is 10.1. The summed E-state index contributed by atoms with van der Waals surface area (Å²) in [6.07, 6.45) is 1.75. The van der Waals surface area contributed by atoms with E-state index in [1.807, 2.05) is 29.7 Å². The highest BCUT2D eigenvalue weighted by molar-refractivity contribution is 7.71. The third kappa shape index (κ3) is 4.05. The SMILES string of the molecule is C=CCn1c(-c2sc(NC(=O)c3ccccc3COC)nc2C)n[nH]c1=S. The number of ether oxygens (including phenoxy) is 1. The first-order chi connectivity index (χ1) is 13.0. The van der Waals surface area contributed by atoms with Crippen molar-refractivity contribution in [1.82, 2.24) is 19.7 Å². The van der Waals surface area contributed by atoms with Crippen molar-refractivity contribution in [2.75, 3.05) is 12.4 Å². The molecule has 7 nitrogen and oxygen atoms in total. The zero-order valence-electron chi connectivity index (χ0n) is 15.0. The van der Waals surface area contributed by atoms with E-state index in [0.29, 0.717) is 34.4 Å². The van der Waals surface area contributed by atoms with Crippen molar-refractivity contribution in [3.8, 4) is 10.7 Å². The van der Waals surface area contributed by atoms with Crippen molar-refractivity contribution < 1.29 is 9.53 Å². The second kappa shape index (κ2) is 8.38. The number of carbonyl (C=O) groups is 1. The maximum absolute atomic E-state index is 12.7. The van der Waals surface area contributed by atoms with Gasteiger partial charge in [0.15, 0.2) is 15.7 Å². The van der Waals surface area contributed by atoms with Gasteiger partial charge in [-0.15, -0.1) is 6.58 Å². The van der Waals surface area contributed by atoms with Gasteiger partial charge in [-0.3, -0.25) is 19.8 Å². The molecule has 0 saturated carbocycles.